The maximum absolute atomic E-state index is 11.7. The number of hydrogen-bond acceptors (Lipinski definition) is 3. The van der Waals surface area contributed by atoms with Crippen molar-refractivity contribution in [2.24, 2.45) is 0 Å². The largest absolute Gasteiger partial charge is 0.481 e. The van der Waals surface area contributed by atoms with E-state index in [1.54, 1.807) is 37.3 Å². The van der Waals surface area contributed by atoms with E-state index in [2.05, 4.69) is 21.2 Å². The third kappa shape index (κ3) is 6.28. The number of aliphatic carboxylic acids is 1. The molecule has 0 aliphatic carbocycles. The van der Waals surface area contributed by atoms with Crippen LogP contribution >= 0.6 is 50.7 Å². The third-order valence-electron chi connectivity index (χ3n) is 3.47. The summed E-state index contributed by atoms with van der Waals surface area (Å²) in [7, 11) is 0. The van der Waals surface area contributed by atoms with E-state index >= 15 is 0 Å². The van der Waals surface area contributed by atoms with Crippen LogP contribution in [0, 0.1) is 0 Å². The number of anilines is 1. The SMILES string of the molecule is CC(Cl)C(=O)Nc1ccc(Oc2c(Cl)cc(CCC(=O)O)cc2Cl)cc1Br. The number of benzene rings is 2. The summed E-state index contributed by atoms with van der Waals surface area (Å²) in [5.74, 6) is -0.520. The van der Waals surface area contributed by atoms with Gasteiger partial charge in [0.15, 0.2) is 5.75 Å². The predicted octanol–water partition coefficient (Wildman–Crippen LogP) is 6.13. The van der Waals surface area contributed by atoms with Gasteiger partial charge in [-0.2, -0.15) is 0 Å². The molecule has 2 aromatic rings. The summed E-state index contributed by atoms with van der Waals surface area (Å²) in [5.41, 5.74) is 1.25. The number of carbonyl (C=O) groups excluding carboxylic acids is 1. The molecule has 2 N–H and O–H groups in total. The molecular weight excluding hydrogens is 480 g/mol. The lowest BCUT2D eigenvalue weighted by Gasteiger charge is -2.13. The Morgan fingerprint density at radius 1 is 1.22 bits per heavy atom. The first-order chi connectivity index (χ1) is 12.7. The van der Waals surface area contributed by atoms with Crippen molar-refractivity contribution in [2.45, 2.75) is 25.1 Å². The second-order valence-electron chi connectivity index (χ2n) is 5.63. The summed E-state index contributed by atoms with van der Waals surface area (Å²) in [4.78, 5) is 22.4. The van der Waals surface area contributed by atoms with E-state index in [0.29, 0.717) is 27.9 Å². The first kappa shape index (κ1) is 21.8. The van der Waals surface area contributed by atoms with Crippen LogP contribution in [0.15, 0.2) is 34.8 Å². The number of carbonyl (C=O) groups is 2. The number of rotatable bonds is 7. The van der Waals surface area contributed by atoms with Crippen molar-refractivity contribution in [3.05, 3.63) is 50.4 Å². The van der Waals surface area contributed by atoms with Crippen LogP contribution in [-0.4, -0.2) is 22.4 Å². The molecule has 1 unspecified atom stereocenters. The highest BCUT2D eigenvalue weighted by Gasteiger charge is 2.14. The van der Waals surface area contributed by atoms with E-state index < -0.39 is 11.3 Å². The molecule has 0 aliphatic heterocycles. The number of amides is 1. The van der Waals surface area contributed by atoms with E-state index in [9.17, 15) is 9.59 Å². The fourth-order valence-electron chi connectivity index (χ4n) is 2.12. The number of alkyl halides is 1. The monoisotopic (exact) mass is 493 g/mol. The van der Waals surface area contributed by atoms with Gasteiger partial charge in [-0.3, -0.25) is 9.59 Å². The smallest absolute Gasteiger partial charge is 0.303 e. The molecule has 0 heterocycles. The molecule has 27 heavy (non-hydrogen) atoms. The van der Waals surface area contributed by atoms with Gasteiger partial charge >= 0.3 is 5.97 Å². The van der Waals surface area contributed by atoms with Crippen molar-refractivity contribution in [1.29, 1.82) is 0 Å². The van der Waals surface area contributed by atoms with Crippen LogP contribution in [0.2, 0.25) is 10.0 Å². The second kappa shape index (κ2) is 9.64. The number of carboxylic acids is 1. The number of nitrogens with one attached hydrogen (secondary N) is 1. The minimum atomic E-state index is -0.900. The number of ether oxygens (including phenoxy) is 1. The minimum absolute atomic E-state index is 0.0199. The van der Waals surface area contributed by atoms with Gasteiger partial charge in [0, 0.05) is 10.9 Å². The number of carboxylic acid groups (broad SMARTS) is 1. The molecule has 2 rings (SSSR count). The van der Waals surface area contributed by atoms with Gasteiger partial charge in [0.1, 0.15) is 11.1 Å². The molecule has 0 saturated carbocycles. The van der Waals surface area contributed by atoms with Crippen molar-refractivity contribution >= 4 is 68.3 Å². The fourth-order valence-corrected chi connectivity index (χ4v) is 3.24. The van der Waals surface area contributed by atoms with Crippen molar-refractivity contribution in [3.8, 4) is 11.5 Å². The normalized spacial score (nSPS) is 11.7. The van der Waals surface area contributed by atoms with Crippen molar-refractivity contribution < 1.29 is 19.4 Å². The zero-order chi connectivity index (χ0) is 20.1. The van der Waals surface area contributed by atoms with E-state index in [1.807, 2.05) is 0 Å². The van der Waals surface area contributed by atoms with Crippen molar-refractivity contribution in [1.82, 2.24) is 0 Å². The molecule has 0 fully saturated rings. The average molecular weight is 496 g/mol. The van der Waals surface area contributed by atoms with Crippen LogP contribution in [0.1, 0.15) is 18.9 Å². The van der Waals surface area contributed by atoms with E-state index in [1.165, 1.54) is 0 Å². The maximum Gasteiger partial charge on any atom is 0.303 e. The Morgan fingerprint density at radius 3 is 2.37 bits per heavy atom. The number of hydrogen-bond donors (Lipinski definition) is 2. The first-order valence-electron chi connectivity index (χ1n) is 7.79. The molecule has 0 aliphatic rings. The molecule has 144 valence electrons. The van der Waals surface area contributed by atoms with Gasteiger partial charge in [-0.05, 0) is 65.2 Å². The highest BCUT2D eigenvalue weighted by molar-refractivity contribution is 9.10. The molecule has 1 atom stereocenters. The third-order valence-corrected chi connectivity index (χ3v) is 4.88. The van der Waals surface area contributed by atoms with Crippen LogP contribution in [-0.2, 0) is 16.0 Å². The summed E-state index contributed by atoms with van der Waals surface area (Å²) < 4.78 is 6.35. The summed E-state index contributed by atoms with van der Waals surface area (Å²) in [6, 6.07) is 8.19. The molecular formula is C18H15BrCl3NO4. The summed E-state index contributed by atoms with van der Waals surface area (Å²) >= 11 is 21.6. The minimum Gasteiger partial charge on any atom is -0.481 e. The van der Waals surface area contributed by atoms with Gasteiger partial charge in [-0.25, -0.2) is 0 Å². The van der Waals surface area contributed by atoms with Gasteiger partial charge < -0.3 is 15.2 Å². The van der Waals surface area contributed by atoms with E-state index in [4.69, 9.17) is 44.6 Å². The molecule has 9 heteroatoms. The van der Waals surface area contributed by atoms with Gasteiger partial charge in [0.25, 0.3) is 0 Å². The second-order valence-corrected chi connectivity index (χ2v) is 7.95. The first-order valence-corrected chi connectivity index (χ1v) is 9.78. The average Bonchev–Trinajstić information content (AvgIpc) is 2.58. The quantitative estimate of drug-likeness (QED) is 0.453. The predicted molar refractivity (Wildman–Crippen MR) is 111 cm³/mol. The topological polar surface area (TPSA) is 75.6 Å². The Balaban J connectivity index is 2.18. The van der Waals surface area contributed by atoms with Gasteiger partial charge in [-0.15, -0.1) is 11.6 Å². The Kier molecular flexibility index (Phi) is 7.79. The van der Waals surface area contributed by atoms with Gasteiger partial charge in [0.05, 0.1) is 15.7 Å². The van der Waals surface area contributed by atoms with E-state index in [-0.39, 0.29) is 28.1 Å². The molecule has 0 spiro atoms. The zero-order valence-corrected chi connectivity index (χ0v) is 17.9. The van der Waals surface area contributed by atoms with Crippen LogP contribution in [0.25, 0.3) is 0 Å². The van der Waals surface area contributed by atoms with Gasteiger partial charge in [0.2, 0.25) is 5.91 Å². The molecule has 5 nitrogen and oxygen atoms in total. The maximum atomic E-state index is 11.7. The molecule has 2 aromatic carbocycles. The summed E-state index contributed by atoms with van der Waals surface area (Å²) in [5, 5.41) is 11.3. The standard InChI is InChI=1S/C18H15BrCl3NO4/c1-9(20)18(26)23-15-4-3-11(8-12(15)19)27-17-13(21)6-10(7-14(17)22)2-5-16(24)25/h3-4,6-9H,2,5H2,1H3,(H,23,26)(H,24,25). The Hall–Kier alpha value is -1.47. The molecule has 0 bridgehead atoms. The molecule has 0 saturated heterocycles. The van der Waals surface area contributed by atoms with Crippen LogP contribution in [0.4, 0.5) is 5.69 Å². The van der Waals surface area contributed by atoms with Crippen LogP contribution in [0.3, 0.4) is 0 Å². The Labute approximate surface area is 179 Å². The lowest BCUT2D eigenvalue weighted by Crippen LogP contribution is -2.20. The highest BCUT2D eigenvalue weighted by atomic mass is 79.9. The Morgan fingerprint density at radius 2 is 1.85 bits per heavy atom. The number of halogens is 4. The van der Waals surface area contributed by atoms with Gasteiger partial charge in [-0.1, -0.05) is 23.2 Å². The van der Waals surface area contributed by atoms with E-state index in [0.717, 1.165) is 0 Å². The summed E-state index contributed by atoms with van der Waals surface area (Å²) in [6.07, 6.45) is 0.294. The summed E-state index contributed by atoms with van der Waals surface area (Å²) in [6.45, 7) is 1.58. The zero-order valence-electron chi connectivity index (χ0n) is 14.1. The van der Waals surface area contributed by atoms with Crippen LogP contribution in [0.5, 0.6) is 11.5 Å². The lowest BCUT2D eigenvalue weighted by molar-refractivity contribution is -0.137. The number of aryl methyl sites for hydroxylation is 1. The lowest BCUT2D eigenvalue weighted by atomic mass is 10.1. The van der Waals surface area contributed by atoms with Crippen LogP contribution < -0.4 is 10.1 Å². The highest BCUT2D eigenvalue weighted by Crippen LogP contribution is 2.39. The molecule has 1 amide bonds. The molecule has 0 aromatic heterocycles. The fraction of sp³-hybridized carbons (Fsp3) is 0.222. The molecule has 0 radical (unpaired) electrons. The van der Waals surface area contributed by atoms with Crippen molar-refractivity contribution in [3.63, 3.8) is 0 Å². The van der Waals surface area contributed by atoms with Crippen molar-refractivity contribution in [2.75, 3.05) is 5.32 Å². The Bertz CT molecular complexity index is 851.